The molecule has 1 atom stereocenters. The standard InChI is InChI=1S/C12H15BrFNO2/c1-7(2)10(13)6-15-12(17)9-5-8(14)3-4-11(9)16/h3-5,7,10,16H,6H2,1-2H3,(H,15,17). The fourth-order valence-corrected chi connectivity index (χ4v) is 1.37. The summed E-state index contributed by atoms with van der Waals surface area (Å²) in [4.78, 5) is 11.8. The van der Waals surface area contributed by atoms with E-state index in [1.54, 1.807) is 0 Å². The fraction of sp³-hybridized carbons (Fsp3) is 0.417. The molecule has 2 N–H and O–H groups in total. The Bertz CT molecular complexity index is 409. The van der Waals surface area contributed by atoms with Gasteiger partial charge in [-0.15, -0.1) is 0 Å². The molecule has 1 unspecified atom stereocenters. The maximum Gasteiger partial charge on any atom is 0.255 e. The summed E-state index contributed by atoms with van der Waals surface area (Å²) >= 11 is 3.42. The summed E-state index contributed by atoms with van der Waals surface area (Å²) in [5.74, 6) is -0.879. The first-order valence-corrected chi connectivity index (χ1v) is 6.24. The minimum Gasteiger partial charge on any atom is -0.507 e. The van der Waals surface area contributed by atoms with E-state index >= 15 is 0 Å². The first-order chi connectivity index (χ1) is 7.91. The number of rotatable bonds is 4. The monoisotopic (exact) mass is 303 g/mol. The van der Waals surface area contributed by atoms with Crippen molar-refractivity contribution in [1.82, 2.24) is 5.32 Å². The largest absolute Gasteiger partial charge is 0.507 e. The Morgan fingerprint density at radius 3 is 2.76 bits per heavy atom. The highest BCUT2D eigenvalue weighted by Crippen LogP contribution is 2.18. The zero-order valence-corrected chi connectivity index (χ0v) is 11.3. The second kappa shape index (κ2) is 6.00. The summed E-state index contributed by atoms with van der Waals surface area (Å²) in [6, 6.07) is 3.29. The Kier molecular flexibility index (Phi) is 4.93. The van der Waals surface area contributed by atoms with Gasteiger partial charge in [-0.2, -0.15) is 0 Å². The van der Waals surface area contributed by atoms with E-state index in [-0.39, 0.29) is 16.1 Å². The third kappa shape index (κ3) is 4.00. The van der Waals surface area contributed by atoms with Gasteiger partial charge in [0.2, 0.25) is 0 Å². The average molecular weight is 304 g/mol. The summed E-state index contributed by atoms with van der Waals surface area (Å²) in [5, 5.41) is 12.1. The number of alkyl halides is 1. The number of carbonyl (C=O) groups is 1. The van der Waals surface area contributed by atoms with Crippen molar-refractivity contribution in [1.29, 1.82) is 0 Å². The third-order valence-corrected chi connectivity index (χ3v) is 3.77. The van der Waals surface area contributed by atoms with Crippen LogP contribution in [0.3, 0.4) is 0 Å². The Labute approximate surface area is 108 Å². The molecule has 0 aliphatic rings. The number of benzene rings is 1. The van der Waals surface area contributed by atoms with Crippen LogP contribution in [0, 0.1) is 11.7 Å². The molecule has 17 heavy (non-hydrogen) atoms. The molecule has 0 heterocycles. The van der Waals surface area contributed by atoms with Crippen LogP contribution in [-0.2, 0) is 0 Å². The lowest BCUT2D eigenvalue weighted by Gasteiger charge is -2.14. The molecular formula is C12H15BrFNO2. The summed E-state index contributed by atoms with van der Waals surface area (Å²) in [6.45, 7) is 4.46. The van der Waals surface area contributed by atoms with Crippen LogP contribution < -0.4 is 5.32 Å². The van der Waals surface area contributed by atoms with Gasteiger partial charge in [0.1, 0.15) is 11.6 Å². The number of phenolic OH excluding ortho intramolecular Hbond substituents is 1. The van der Waals surface area contributed by atoms with Gasteiger partial charge in [0.25, 0.3) is 5.91 Å². The van der Waals surface area contributed by atoms with E-state index < -0.39 is 11.7 Å². The number of carbonyl (C=O) groups excluding carboxylic acids is 1. The van der Waals surface area contributed by atoms with Crippen LogP contribution in [0.2, 0.25) is 0 Å². The van der Waals surface area contributed by atoms with Gasteiger partial charge in [-0.1, -0.05) is 29.8 Å². The molecule has 0 aromatic heterocycles. The van der Waals surface area contributed by atoms with Gasteiger partial charge < -0.3 is 10.4 Å². The zero-order chi connectivity index (χ0) is 13.0. The number of aromatic hydroxyl groups is 1. The Balaban J connectivity index is 2.67. The van der Waals surface area contributed by atoms with Crippen LogP contribution in [0.1, 0.15) is 24.2 Å². The number of nitrogens with one attached hydrogen (secondary N) is 1. The van der Waals surface area contributed by atoms with E-state index in [1.165, 1.54) is 0 Å². The molecule has 5 heteroatoms. The molecular weight excluding hydrogens is 289 g/mol. The van der Waals surface area contributed by atoms with Crippen molar-refractivity contribution < 1.29 is 14.3 Å². The second-order valence-corrected chi connectivity index (χ2v) is 5.31. The van der Waals surface area contributed by atoms with E-state index in [2.05, 4.69) is 21.2 Å². The molecule has 0 bridgehead atoms. The van der Waals surface area contributed by atoms with Gasteiger partial charge in [0.15, 0.2) is 0 Å². The predicted molar refractivity (Wildman–Crippen MR) is 68.0 cm³/mol. The minimum absolute atomic E-state index is 0.0477. The van der Waals surface area contributed by atoms with E-state index in [1.807, 2.05) is 13.8 Å². The number of hydrogen-bond donors (Lipinski definition) is 2. The quantitative estimate of drug-likeness (QED) is 0.840. The van der Waals surface area contributed by atoms with Crippen LogP contribution in [0.15, 0.2) is 18.2 Å². The van der Waals surface area contributed by atoms with Gasteiger partial charge in [-0.05, 0) is 24.1 Å². The molecule has 0 saturated carbocycles. The molecule has 1 rings (SSSR count). The molecule has 0 saturated heterocycles. The number of hydrogen-bond acceptors (Lipinski definition) is 2. The number of amides is 1. The van der Waals surface area contributed by atoms with Crippen LogP contribution in [0.4, 0.5) is 4.39 Å². The van der Waals surface area contributed by atoms with E-state index in [0.717, 1.165) is 18.2 Å². The Morgan fingerprint density at radius 1 is 1.53 bits per heavy atom. The summed E-state index contributed by atoms with van der Waals surface area (Å²) in [6.07, 6.45) is 0. The van der Waals surface area contributed by atoms with Gasteiger partial charge in [0, 0.05) is 11.4 Å². The zero-order valence-electron chi connectivity index (χ0n) is 9.71. The second-order valence-electron chi connectivity index (χ2n) is 4.13. The van der Waals surface area contributed by atoms with Crippen molar-refractivity contribution in [2.45, 2.75) is 18.7 Å². The minimum atomic E-state index is -0.549. The van der Waals surface area contributed by atoms with Crippen LogP contribution >= 0.6 is 15.9 Å². The molecule has 0 aliphatic heterocycles. The fourth-order valence-electron chi connectivity index (χ4n) is 1.21. The molecule has 1 aromatic rings. The lowest BCUT2D eigenvalue weighted by molar-refractivity contribution is 0.0949. The molecule has 94 valence electrons. The number of halogens is 2. The van der Waals surface area contributed by atoms with Crippen LogP contribution in [-0.4, -0.2) is 22.4 Å². The smallest absolute Gasteiger partial charge is 0.255 e. The third-order valence-electron chi connectivity index (χ3n) is 2.38. The van der Waals surface area contributed by atoms with Gasteiger partial charge in [0.05, 0.1) is 5.56 Å². The lowest BCUT2D eigenvalue weighted by atomic mass is 10.1. The SMILES string of the molecule is CC(C)C(Br)CNC(=O)c1cc(F)ccc1O. The summed E-state index contributed by atoms with van der Waals surface area (Å²) < 4.78 is 12.9. The van der Waals surface area contributed by atoms with Crippen molar-refractivity contribution in [2.75, 3.05) is 6.54 Å². The normalized spacial score (nSPS) is 12.5. The summed E-state index contributed by atoms with van der Waals surface area (Å²) in [7, 11) is 0. The van der Waals surface area contributed by atoms with Gasteiger partial charge in [-0.3, -0.25) is 4.79 Å². The van der Waals surface area contributed by atoms with E-state index in [4.69, 9.17) is 0 Å². The highest BCUT2D eigenvalue weighted by atomic mass is 79.9. The van der Waals surface area contributed by atoms with Gasteiger partial charge >= 0.3 is 0 Å². The van der Waals surface area contributed by atoms with Gasteiger partial charge in [-0.25, -0.2) is 4.39 Å². The Morgan fingerprint density at radius 2 is 2.18 bits per heavy atom. The van der Waals surface area contributed by atoms with Crippen molar-refractivity contribution in [3.05, 3.63) is 29.6 Å². The maximum absolute atomic E-state index is 12.9. The maximum atomic E-state index is 12.9. The van der Waals surface area contributed by atoms with Crippen molar-refractivity contribution in [3.8, 4) is 5.75 Å². The predicted octanol–water partition coefficient (Wildman–Crippen LogP) is 2.68. The van der Waals surface area contributed by atoms with Crippen LogP contribution in [0.25, 0.3) is 0 Å². The summed E-state index contributed by atoms with van der Waals surface area (Å²) in [5.41, 5.74) is -0.0477. The average Bonchev–Trinajstić information content (AvgIpc) is 2.28. The number of phenols is 1. The van der Waals surface area contributed by atoms with Crippen molar-refractivity contribution >= 4 is 21.8 Å². The molecule has 1 aromatic carbocycles. The molecule has 3 nitrogen and oxygen atoms in total. The molecule has 0 radical (unpaired) electrons. The first-order valence-electron chi connectivity index (χ1n) is 5.32. The Hall–Kier alpha value is -1.10. The van der Waals surface area contributed by atoms with E-state index in [9.17, 15) is 14.3 Å². The van der Waals surface area contributed by atoms with E-state index in [0.29, 0.717) is 12.5 Å². The molecule has 0 spiro atoms. The topological polar surface area (TPSA) is 49.3 Å². The first kappa shape index (κ1) is 14.0. The highest BCUT2D eigenvalue weighted by Gasteiger charge is 2.15. The highest BCUT2D eigenvalue weighted by molar-refractivity contribution is 9.09. The molecule has 0 fully saturated rings. The molecule has 1 amide bonds. The lowest BCUT2D eigenvalue weighted by Crippen LogP contribution is -2.31. The molecule has 0 aliphatic carbocycles. The van der Waals surface area contributed by atoms with Crippen molar-refractivity contribution in [3.63, 3.8) is 0 Å². The van der Waals surface area contributed by atoms with Crippen LogP contribution in [0.5, 0.6) is 5.75 Å². The van der Waals surface area contributed by atoms with Crippen molar-refractivity contribution in [2.24, 2.45) is 5.92 Å².